The first kappa shape index (κ1) is 31.3. The molecule has 0 unspecified atom stereocenters. The number of carboxylic acid groups (broad SMARTS) is 1. The molecule has 0 radical (unpaired) electrons. The first-order valence-electron chi connectivity index (χ1n) is 12.2. The van der Waals surface area contributed by atoms with E-state index in [2.05, 4.69) is 25.8 Å². The number of nitrogens with zero attached hydrogens (tertiary/aromatic N) is 4. The van der Waals surface area contributed by atoms with Crippen molar-refractivity contribution in [1.29, 1.82) is 0 Å². The van der Waals surface area contributed by atoms with Gasteiger partial charge in [-0.25, -0.2) is 4.79 Å². The molecule has 0 aliphatic carbocycles. The fourth-order valence-corrected chi connectivity index (χ4v) is 4.53. The summed E-state index contributed by atoms with van der Waals surface area (Å²) in [6.45, 7) is 0. The zero-order valence-electron chi connectivity index (χ0n) is 22.4. The van der Waals surface area contributed by atoms with E-state index in [1.807, 2.05) is 30.3 Å². The van der Waals surface area contributed by atoms with E-state index >= 15 is 0 Å². The predicted octanol–water partition coefficient (Wildman–Crippen LogP) is 4.77. The van der Waals surface area contributed by atoms with Crippen molar-refractivity contribution >= 4 is 61.0 Å². The van der Waals surface area contributed by atoms with Crippen molar-refractivity contribution in [2.24, 2.45) is 20.5 Å². The smallest absolute Gasteiger partial charge is 0.507 e. The van der Waals surface area contributed by atoms with Gasteiger partial charge in [0.2, 0.25) is 0 Å². The zero-order chi connectivity index (χ0) is 29.9. The first-order valence-corrected chi connectivity index (χ1v) is 13.6. The summed E-state index contributed by atoms with van der Waals surface area (Å²) in [5.74, 6) is -2.08. The quantitative estimate of drug-likeness (QED) is 0.0946. The van der Waals surface area contributed by atoms with Gasteiger partial charge < -0.3 is 20.6 Å². The van der Waals surface area contributed by atoms with Gasteiger partial charge in [-0.05, 0) is 72.1 Å². The molecule has 0 amide bonds. The molecule has 43 heavy (non-hydrogen) atoms. The Hall–Kier alpha value is -4.66. The Kier molecular flexibility index (Phi) is 9.53. The van der Waals surface area contributed by atoms with E-state index in [0.717, 1.165) is 11.8 Å². The second kappa shape index (κ2) is 13.1. The van der Waals surface area contributed by atoms with Crippen molar-refractivity contribution < 1.29 is 62.6 Å². The van der Waals surface area contributed by atoms with Gasteiger partial charge in [-0.1, -0.05) is 24.3 Å². The Bertz CT molecular complexity index is 1990. The first-order chi connectivity index (χ1) is 20.1. The van der Waals surface area contributed by atoms with Crippen LogP contribution < -0.4 is 34.9 Å². The molecule has 0 aromatic heterocycles. The van der Waals surface area contributed by atoms with Crippen molar-refractivity contribution in [2.45, 2.75) is 4.90 Å². The van der Waals surface area contributed by atoms with E-state index in [0.29, 0.717) is 22.4 Å². The Labute approximate surface area is 267 Å². The second-order valence-corrected chi connectivity index (χ2v) is 10.3. The van der Waals surface area contributed by atoms with Crippen LogP contribution in [0.4, 0.5) is 34.1 Å². The molecule has 0 atom stereocenters. The number of azo groups is 2. The predicted molar refractivity (Wildman–Crippen MR) is 155 cm³/mol. The van der Waals surface area contributed by atoms with Gasteiger partial charge in [-0.15, -0.1) is 5.11 Å². The SMILES string of the molecule is O=C(O)c1cc(N=Nc2ccc(N=Nc3c(Nc4ccccc4)ccc4cc(S(=O)(=O)O)cc(O)c34)cc2)ccc1O.[Na+]. The van der Waals surface area contributed by atoms with Crippen LogP contribution in [0.2, 0.25) is 0 Å². The molecule has 0 fully saturated rings. The third-order valence-corrected chi connectivity index (χ3v) is 6.83. The number of hydrogen-bond donors (Lipinski definition) is 5. The maximum atomic E-state index is 11.7. The van der Waals surface area contributed by atoms with Crippen LogP contribution in [0.3, 0.4) is 0 Å². The number of anilines is 2. The van der Waals surface area contributed by atoms with Crippen molar-refractivity contribution in [3.8, 4) is 11.5 Å². The molecule has 0 heterocycles. The molecule has 0 saturated carbocycles. The van der Waals surface area contributed by atoms with Gasteiger partial charge in [0.05, 0.1) is 33.0 Å². The Morgan fingerprint density at radius 2 is 1.30 bits per heavy atom. The maximum Gasteiger partial charge on any atom is 1.00 e. The fourth-order valence-electron chi connectivity index (χ4n) is 4.00. The van der Waals surface area contributed by atoms with Crippen LogP contribution >= 0.6 is 0 Å². The monoisotopic (exact) mass is 606 g/mol. The van der Waals surface area contributed by atoms with Crippen LogP contribution in [-0.4, -0.2) is 34.3 Å². The number of carbonyl (C=O) groups is 1. The number of nitrogens with one attached hydrogen (secondary N) is 1. The minimum absolute atomic E-state index is 0. The molecule has 5 aromatic carbocycles. The van der Waals surface area contributed by atoms with Crippen LogP contribution in [0.15, 0.2) is 122 Å². The number of aromatic hydroxyl groups is 2. The number of phenolic OH excluding ortho intramolecular Hbond substituents is 1. The van der Waals surface area contributed by atoms with Gasteiger partial charge in [0.15, 0.2) is 0 Å². The molecule has 210 valence electrons. The molecule has 0 spiro atoms. The van der Waals surface area contributed by atoms with Gasteiger partial charge in [0.1, 0.15) is 22.7 Å². The van der Waals surface area contributed by atoms with Crippen molar-refractivity contribution in [2.75, 3.05) is 5.32 Å². The van der Waals surface area contributed by atoms with Crippen LogP contribution in [0.1, 0.15) is 10.4 Å². The maximum absolute atomic E-state index is 11.7. The van der Waals surface area contributed by atoms with E-state index in [-0.39, 0.29) is 57.6 Å². The topological polar surface area (TPSA) is 194 Å². The van der Waals surface area contributed by atoms with E-state index in [9.17, 15) is 28.0 Å². The van der Waals surface area contributed by atoms with E-state index in [1.165, 1.54) is 24.3 Å². The Balaban J connectivity index is 0.00000423. The third-order valence-electron chi connectivity index (χ3n) is 6.00. The summed E-state index contributed by atoms with van der Waals surface area (Å²) >= 11 is 0. The minimum atomic E-state index is -4.56. The summed E-state index contributed by atoms with van der Waals surface area (Å²) in [6, 6.07) is 24.9. The minimum Gasteiger partial charge on any atom is -0.507 e. The van der Waals surface area contributed by atoms with E-state index in [1.54, 1.807) is 36.4 Å². The molecule has 12 nitrogen and oxygen atoms in total. The Morgan fingerprint density at radius 1 is 0.698 bits per heavy atom. The van der Waals surface area contributed by atoms with Gasteiger partial charge in [-0.2, -0.15) is 23.8 Å². The largest absolute Gasteiger partial charge is 1.00 e. The fraction of sp³-hybridized carbons (Fsp3) is 0. The zero-order valence-corrected chi connectivity index (χ0v) is 25.3. The molecule has 0 bridgehead atoms. The summed E-state index contributed by atoms with van der Waals surface area (Å²) in [5, 5.41) is 50.0. The number of aromatic carboxylic acids is 1. The summed E-state index contributed by atoms with van der Waals surface area (Å²) in [5.41, 5.74) is 2.24. The van der Waals surface area contributed by atoms with Crippen LogP contribution in [0.25, 0.3) is 10.8 Å². The van der Waals surface area contributed by atoms with Gasteiger partial charge in [-0.3, -0.25) is 4.55 Å². The molecule has 0 saturated heterocycles. The number of phenols is 2. The van der Waals surface area contributed by atoms with E-state index in [4.69, 9.17) is 5.11 Å². The van der Waals surface area contributed by atoms with Crippen molar-refractivity contribution in [3.05, 3.63) is 103 Å². The average Bonchev–Trinajstić information content (AvgIpc) is 2.96. The number of benzene rings is 5. The molecule has 5 N–H and O–H groups in total. The molecule has 5 rings (SSSR count). The molecule has 0 aliphatic rings. The molecule has 5 aromatic rings. The normalized spacial score (nSPS) is 11.6. The van der Waals surface area contributed by atoms with Crippen LogP contribution in [0, 0.1) is 0 Å². The summed E-state index contributed by atoms with van der Waals surface area (Å²) in [6.07, 6.45) is 0. The number of rotatable bonds is 8. The second-order valence-electron chi connectivity index (χ2n) is 8.89. The van der Waals surface area contributed by atoms with Crippen molar-refractivity contribution in [1.82, 2.24) is 0 Å². The molecule has 0 aliphatic heterocycles. The average molecular weight is 607 g/mol. The number of para-hydroxylation sites is 1. The van der Waals surface area contributed by atoms with Gasteiger partial charge in [0, 0.05) is 11.8 Å². The molecule has 14 heteroatoms. The number of fused-ring (bicyclic) bond motifs is 1. The summed E-state index contributed by atoms with van der Waals surface area (Å²) < 4.78 is 32.8. The Morgan fingerprint density at radius 3 is 1.93 bits per heavy atom. The number of hydrogen-bond acceptors (Lipinski definition) is 10. The molecular weight excluding hydrogens is 585 g/mol. The summed E-state index contributed by atoms with van der Waals surface area (Å²) in [7, 11) is -4.56. The van der Waals surface area contributed by atoms with Crippen molar-refractivity contribution in [3.63, 3.8) is 0 Å². The van der Waals surface area contributed by atoms with Crippen LogP contribution in [0.5, 0.6) is 11.5 Å². The summed E-state index contributed by atoms with van der Waals surface area (Å²) in [4.78, 5) is 10.7. The standard InChI is InChI=1S/C29H21N5O7S.Na/c35-25-13-11-21(15-23(25)29(37)38)33-31-19-7-9-20(10-8-19)32-34-28-24(30-18-4-2-1-3-5-18)12-6-17-14-22(42(39,40)41)16-26(36)27(17)28;/h1-16,30,35-36H,(H,37,38)(H,39,40,41);/q;+1. The third kappa shape index (κ3) is 7.41. The van der Waals surface area contributed by atoms with Gasteiger partial charge in [0.25, 0.3) is 10.1 Å². The van der Waals surface area contributed by atoms with Gasteiger partial charge >= 0.3 is 35.5 Å². The van der Waals surface area contributed by atoms with Crippen LogP contribution in [-0.2, 0) is 10.1 Å². The van der Waals surface area contributed by atoms with E-state index < -0.39 is 26.7 Å². The number of carboxylic acids is 1. The molecular formula is C29H21N5NaO7S+.